The highest BCUT2D eigenvalue weighted by Gasteiger charge is 2.37. The van der Waals surface area contributed by atoms with Gasteiger partial charge in [-0.05, 0) is 20.8 Å². The van der Waals surface area contributed by atoms with Crippen molar-refractivity contribution in [3.8, 4) is 0 Å². The van der Waals surface area contributed by atoms with Crippen molar-refractivity contribution < 1.29 is 24.1 Å². The first kappa shape index (κ1) is 14.2. The summed E-state index contributed by atoms with van der Waals surface area (Å²) in [5.41, 5.74) is 0.243. The fraction of sp³-hybridized carbons (Fsp3) is 0.750. The molecule has 98 valence electrons. The number of esters is 1. The van der Waals surface area contributed by atoms with Gasteiger partial charge in [-0.3, -0.25) is 0 Å². The summed E-state index contributed by atoms with van der Waals surface area (Å²) < 4.78 is 15.6. The predicted octanol–water partition coefficient (Wildman–Crippen LogP) is 1.01. The Kier molecular flexibility index (Phi) is 4.68. The Labute approximate surface area is 101 Å². The monoisotopic (exact) mass is 244 g/mol. The lowest BCUT2D eigenvalue weighted by atomic mass is 10.1. The summed E-state index contributed by atoms with van der Waals surface area (Å²) in [6, 6.07) is 0. The summed E-state index contributed by atoms with van der Waals surface area (Å²) >= 11 is 0. The van der Waals surface area contributed by atoms with Crippen LogP contribution in [0.2, 0.25) is 0 Å². The molecule has 0 aromatic rings. The van der Waals surface area contributed by atoms with Crippen molar-refractivity contribution >= 4 is 5.97 Å². The van der Waals surface area contributed by atoms with E-state index in [0.717, 1.165) is 0 Å². The molecular formula is C12H20O5. The molecule has 0 aromatic carbocycles. The van der Waals surface area contributed by atoms with E-state index >= 15 is 0 Å². The molecule has 5 heteroatoms. The summed E-state index contributed by atoms with van der Waals surface area (Å²) in [4.78, 5) is 11.3. The summed E-state index contributed by atoms with van der Waals surface area (Å²) in [6.45, 7) is 9.47. The van der Waals surface area contributed by atoms with Crippen LogP contribution in [-0.2, 0) is 19.0 Å². The fourth-order valence-electron chi connectivity index (χ4n) is 1.61. The lowest BCUT2D eigenvalue weighted by Gasteiger charge is -2.20. The molecule has 2 atom stereocenters. The van der Waals surface area contributed by atoms with Crippen molar-refractivity contribution in [2.24, 2.45) is 0 Å². The molecule has 17 heavy (non-hydrogen) atoms. The zero-order chi connectivity index (χ0) is 13.1. The van der Waals surface area contributed by atoms with Gasteiger partial charge in [0.25, 0.3) is 0 Å². The first-order valence-electron chi connectivity index (χ1n) is 5.70. The zero-order valence-electron chi connectivity index (χ0n) is 10.6. The Morgan fingerprint density at radius 1 is 1.65 bits per heavy atom. The minimum Gasteiger partial charge on any atom is -0.463 e. The summed E-state index contributed by atoms with van der Waals surface area (Å²) in [5.74, 6) is -1.17. The van der Waals surface area contributed by atoms with Gasteiger partial charge in [0.05, 0.1) is 19.3 Å². The van der Waals surface area contributed by atoms with E-state index in [4.69, 9.17) is 14.2 Å². The molecule has 1 saturated heterocycles. The van der Waals surface area contributed by atoms with Crippen LogP contribution >= 0.6 is 0 Å². The smallest absolute Gasteiger partial charge is 0.333 e. The second kappa shape index (κ2) is 5.62. The van der Waals surface area contributed by atoms with Crippen LogP contribution in [-0.4, -0.2) is 42.3 Å². The number of carbonyl (C=O) groups excluding carboxylic acids is 1. The van der Waals surface area contributed by atoms with Crippen molar-refractivity contribution in [1.29, 1.82) is 0 Å². The van der Waals surface area contributed by atoms with Crippen molar-refractivity contribution in [2.75, 3.05) is 13.2 Å². The zero-order valence-corrected chi connectivity index (χ0v) is 10.6. The van der Waals surface area contributed by atoms with Gasteiger partial charge in [0.2, 0.25) is 0 Å². The van der Waals surface area contributed by atoms with Crippen molar-refractivity contribution in [3.63, 3.8) is 0 Å². The molecule has 1 aliphatic heterocycles. The van der Waals surface area contributed by atoms with Gasteiger partial charge in [-0.1, -0.05) is 6.58 Å². The molecule has 0 unspecified atom stereocenters. The van der Waals surface area contributed by atoms with Crippen LogP contribution in [0.1, 0.15) is 27.2 Å². The third-order valence-electron chi connectivity index (χ3n) is 2.48. The number of ether oxygens (including phenoxy) is 3. The quantitative estimate of drug-likeness (QED) is 0.577. The summed E-state index contributed by atoms with van der Waals surface area (Å²) in [7, 11) is 0. The molecule has 0 spiro atoms. The largest absolute Gasteiger partial charge is 0.463 e. The Morgan fingerprint density at radius 3 is 2.76 bits per heavy atom. The van der Waals surface area contributed by atoms with Gasteiger partial charge < -0.3 is 19.3 Å². The SMILES string of the molecule is C=C(C[C@H](O)[C@H]1COC(C)(C)O1)C(=O)OCC. The maximum Gasteiger partial charge on any atom is 0.333 e. The molecule has 0 aliphatic carbocycles. The van der Waals surface area contributed by atoms with Crippen LogP contribution in [0.3, 0.4) is 0 Å². The summed E-state index contributed by atoms with van der Waals surface area (Å²) in [5, 5.41) is 9.90. The molecule has 1 N–H and O–H groups in total. The van der Waals surface area contributed by atoms with Crippen LogP contribution in [0.5, 0.6) is 0 Å². The molecular weight excluding hydrogens is 224 g/mol. The average molecular weight is 244 g/mol. The molecule has 1 rings (SSSR count). The minimum atomic E-state index is -0.811. The van der Waals surface area contributed by atoms with E-state index in [1.54, 1.807) is 20.8 Å². The molecule has 1 aliphatic rings. The van der Waals surface area contributed by atoms with Crippen molar-refractivity contribution in [1.82, 2.24) is 0 Å². The molecule has 1 fully saturated rings. The van der Waals surface area contributed by atoms with Crippen molar-refractivity contribution in [3.05, 3.63) is 12.2 Å². The topological polar surface area (TPSA) is 65.0 Å². The average Bonchev–Trinajstić information content (AvgIpc) is 2.59. The number of rotatable bonds is 5. The molecule has 0 saturated carbocycles. The van der Waals surface area contributed by atoms with E-state index in [-0.39, 0.29) is 12.0 Å². The Balaban J connectivity index is 2.42. The molecule has 0 amide bonds. The van der Waals surface area contributed by atoms with Crippen LogP contribution < -0.4 is 0 Å². The first-order chi connectivity index (χ1) is 7.85. The van der Waals surface area contributed by atoms with E-state index < -0.39 is 24.0 Å². The van der Waals surface area contributed by atoms with Gasteiger partial charge in [0.1, 0.15) is 6.10 Å². The number of aliphatic hydroxyl groups excluding tert-OH is 1. The lowest BCUT2D eigenvalue weighted by Crippen LogP contribution is -2.31. The lowest BCUT2D eigenvalue weighted by molar-refractivity contribution is -0.151. The van der Waals surface area contributed by atoms with Gasteiger partial charge in [0.15, 0.2) is 5.79 Å². The minimum absolute atomic E-state index is 0.128. The second-order valence-corrected chi connectivity index (χ2v) is 4.46. The van der Waals surface area contributed by atoms with Gasteiger partial charge in [-0.2, -0.15) is 0 Å². The summed E-state index contributed by atoms with van der Waals surface area (Å²) in [6.07, 6.45) is -1.12. The normalized spacial score (nSPS) is 24.4. The van der Waals surface area contributed by atoms with Crippen LogP contribution in [0.15, 0.2) is 12.2 Å². The maximum atomic E-state index is 11.3. The van der Waals surface area contributed by atoms with E-state index in [9.17, 15) is 9.90 Å². The Hall–Kier alpha value is -0.910. The van der Waals surface area contributed by atoms with Gasteiger partial charge in [0, 0.05) is 12.0 Å². The molecule has 0 radical (unpaired) electrons. The standard InChI is InChI=1S/C12H20O5/c1-5-15-11(14)8(2)6-9(13)10-7-16-12(3,4)17-10/h9-10,13H,2,5-7H2,1,3-4H3/t9-,10+/m0/s1. The Morgan fingerprint density at radius 2 is 2.29 bits per heavy atom. The van der Waals surface area contributed by atoms with Crippen LogP contribution in [0.25, 0.3) is 0 Å². The van der Waals surface area contributed by atoms with Gasteiger partial charge in [-0.25, -0.2) is 4.79 Å². The molecule has 0 bridgehead atoms. The third-order valence-corrected chi connectivity index (χ3v) is 2.48. The number of carbonyl (C=O) groups is 1. The Bertz CT molecular complexity index is 297. The number of hydrogen-bond donors (Lipinski definition) is 1. The third kappa shape index (κ3) is 4.11. The highest BCUT2D eigenvalue weighted by molar-refractivity contribution is 5.87. The molecule has 0 aromatic heterocycles. The number of hydrogen-bond acceptors (Lipinski definition) is 5. The first-order valence-corrected chi connectivity index (χ1v) is 5.70. The molecule has 1 heterocycles. The second-order valence-electron chi connectivity index (χ2n) is 4.46. The van der Waals surface area contributed by atoms with E-state index in [0.29, 0.717) is 13.2 Å². The van der Waals surface area contributed by atoms with Gasteiger partial charge >= 0.3 is 5.97 Å². The highest BCUT2D eigenvalue weighted by atomic mass is 16.7. The highest BCUT2D eigenvalue weighted by Crippen LogP contribution is 2.26. The van der Waals surface area contributed by atoms with Gasteiger partial charge in [-0.15, -0.1) is 0 Å². The van der Waals surface area contributed by atoms with E-state index in [1.165, 1.54) is 0 Å². The number of aliphatic hydroxyl groups is 1. The fourth-order valence-corrected chi connectivity index (χ4v) is 1.61. The predicted molar refractivity (Wildman–Crippen MR) is 61.3 cm³/mol. The van der Waals surface area contributed by atoms with Crippen molar-refractivity contribution in [2.45, 2.75) is 45.2 Å². The maximum absolute atomic E-state index is 11.3. The van der Waals surface area contributed by atoms with Crippen LogP contribution in [0.4, 0.5) is 0 Å². The van der Waals surface area contributed by atoms with E-state index in [2.05, 4.69) is 6.58 Å². The van der Waals surface area contributed by atoms with E-state index in [1.807, 2.05) is 0 Å². The van der Waals surface area contributed by atoms with Crippen LogP contribution in [0, 0.1) is 0 Å². The molecule has 5 nitrogen and oxygen atoms in total.